The summed E-state index contributed by atoms with van der Waals surface area (Å²) in [5.41, 5.74) is 0. The second-order valence-corrected chi connectivity index (χ2v) is 3.12. The summed E-state index contributed by atoms with van der Waals surface area (Å²) in [5.74, 6) is -1.01. The number of carbonyl (C=O) groups is 2. The van der Waals surface area contributed by atoms with Crippen molar-refractivity contribution in [1.82, 2.24) is 0 Å². The van der Waals surface area contributed by atoms with Crippen molar-refractivity contribution in [3.05, 3.63) is 0 Å². The third-order valence-electron chi connectivity index (χ3n) is 1.49. The van der Waals surface area contributed by atoms with Crippen molar-refractivity contribution in [2.24, 2.45) is 5.92 Å². The SMILES string of the molecule is CC(C)C(=O)COCCOCC(=O)O. The number of carbonyl (C=O) groups excluding carboxylic acids is 1. The Morgan fingerprint density at radius 3 is 2.07 bits per heavy atom. The molecule has 82 valence electrons. The van der Waals surface area contributed by atoms with E-state index < -0.39 is 5.97 Å². The number of ketones is 1. The summed E-state index contributed by atoms with van der Waals surface area (Å²) < 4.78 is 9.67. The molecule has 0 amide bonds. The van der Waals surface area contributed by atoms with E-state index in [0.29, 0.717) is 0 Å². The van der Waals surface area contributed by atoms with Crippen molar-refractivity contribution in [2.75, 3.05) is 26.4 Å². The van der Waals surface area contributed by atoms with Gasteiger partial charge >= 0.3 is 5.97 Å². The lowest BCUT2D eigenvalue weighted by Gasteiger charge is -2.05. The van der Waals surface area contributed by atoms with Gasteiger partial charge in [-0.15, -0.1) is 0 Å². The first-order chi connectivity index (χ1) is 6.54. The van der Waals surface area contributed by atoms with Crippen molar-refractivity contribution in [3.8, 4) is 0 Å². The largest absolute Gasteiger partial charge is 0.480 e. The third kappa shape index (κ3) is 7.70. The van der Waals surface area contributed by atoms with Crippen LogP contribution in [0.15, 0.2) is 0 Å². The average Bonchev–Trinajstić information content (AvgIpc) is 2.09. The average molecular weight is 204 g/mol. The third-order valence-corrected chi connectivity index (χ3v) is 1.49. The minimum absolute atomic E-state index is 0.0308. The van der Waals surface area contributed by atoms with Gasteiger partial charge in [0.15, 0.2) is 5.78 Å². The van der Waals surface area contributed by atoms with Gasteiger partial charge in [-0.2, -0.15) is 0 Å². The van der Waals surface area contributed by atoms with E-state index in [9.17, 15) is 9.59 Å². The fraction of sp³-hybridized carbons (Fsp3) is 0.778. The van der Waals surface area contributed by atoms with Crippen LogP contribution in [0.5, 0.6) is 0 Å². The van der Waals surface area contributed by atoms with Gasteiger partial charge in [-0.25, -0.2) is 4.79 Å². The van der Waals surface area contributed by atoms with E-state index in [4.69, 9.17) is 14.6 Å². The van der Waals surface area contributed by atoms with Gasteiger partial charge in [0.25, 0.3) is 0 Å². The minimum Gasteiger partial charge on any atom is -0.480 e. The Balaban J connectivity index is 3.22. The van der Waals surface area contributed by atoms with E-state index in [1.54, 1.807) is 13.8 Å². The van der Waals surface area contributed by atoms with Crippen LogP contribution < -0.4 is 0 Å². The molecule has 0 spiro atoms. The Bertz CT molecular complexity index is 188. The molecule has 0 aromatic heterocycles. The van der Waals surface area contributed by atoms with Crippen molar-refractivity contribution in [1.29, 1.82) is 0 Å². The molecule has 0 aromatic rings. The zero-order chi connectivity index (χ0) is 11.0. The van der Waals surface area contributed by atoms with Gasteiger partial charge in [-0.1, -0.05) is 13.8 Å². The van der Waals surface area contributed by atoms with Gasteiger partial charge in [-0.05, 0) is 0 Å². The Hall–Kier alpha value is -0.940. The van der Waals surface area contributed by atoms with Gasteiger partial charge in [0.05, 0.1) is 13.2 Å². The molecule has 0 aliphatic heterocycles. The summed E-state index contributed by atoms with van der Waals surface area (Å²) in [5, 5.41) is 8.21. The molecule has 1 N–H and O–H groups in total. The molecule has 0 radical (unpaired) electrons. The maximum absolute atomic E-state index is 11.0. The van der Waals surface area contributed by atoms with Crippen LogP contribution in [-0.4, -0.2) is 43.3 Å². The van der Waals surface area contributed by atoms with E-state index in [1.165, 1.54) is 0 Å². The first-order valence-electron chi connectivity index (χ1n) is 4.44. The quantitative estimate of drug-likeness (QED) is 0.577. The number of carboxylic acids is 1. The smallest absolute Gasteiger partial charge is 0.329 e. The molecule has 0 rings (SSSR count). The maximum Gasteiger partial charge on any atom is 0.329 e. The van der Waals surface area contributed by atoms with Crippen LogP contribution in [0.1, 0.15) is 13.8 Å². The van der Waals surface area contributed by atoms with Gasteiger partial charge in [0.2, 0.25) is 0 Å². The van der Waals surface area contributed by atoms with Crippen LogP contribution in [0.2, 0.25) is 0 Å². The summed E-state index contributed by atoms with van der Waals surface area (Å²) in [4.78, 5) is 21.0. The second-order valence-electron chi connectivity index (χ2n) is 3.12. The number of hydrogen-bond donors (Lipinski definition) is 1. The maximum atomic E-state index is 11.0. The van der Waals surface area contributed by atoms with Crippen LogP contribution in [0.25, 0.3) is 0 Å². The molecule has 0 saturated carbocycles. The molecular formula is C9H16O5. The number of ether oxygens (including phenoxy) is 2. The lowest BCUT2D eigenvalue weighted by Crippen LogP contribution is -2.17. The Labute approximate surface area is 83.0 Å². The lowest BCUT2D eigenvalue weighted by atomic mass is 10.1. The Morgan fingerprint density at radius 1 is 1.14 bits per heavy atom. The van der Waals surface area contributed by atoms with E-state index >= 15 is 0 Å². The molecule has 14 heavy (non-hydrogen) atoms. The van der Waals surface area contributed by atoms with E-state index in [2.05, 4.69) is 0 Å². The summed E-state index contributed by atoms with van der Waals surface area (Å²) in [6.07, 6.45) is 0. The first kappa shape index (κ1) is 13.1. The molecule has 0 aromatic carbocycles. The molecule has 5 heteroatoms. The minimum atomic E-state index is -1.01. The van der Waals surface area contributed by atoms with Crippen LogP contribution in [0, 0.1) is 5.92 Å². The molecule has 0 heterocycles. The van der Waals surface area contributed by atoms with E-state index in [1.807, 2.05) is 0 Å². The molecule has 0 aliphatic rings. The van der Waals surface area contributed by atoms with Gasteiger partial charge in [-0.3, -0.25) is 4.79 Å². The number of aliphatic carboxylic acids is 1. The highest BCUT2D eigenvalue weighted by Gasteiger charge is 2.06. The molecule has 0 fully saturated rings. The van der Waals surface area contributed by atoms with Crippen molar-refractivity contribution >= 4 is 11.8 Å². The normalized spacial score (nSPS) is 10.5. The molecule has 0 aliphatic carbocycles. The number of rotatable bonds is 8. The topological polar surface area (TPSA) is 72.8 Å². The van der Waals surface area contributed by atoms with E-state index in [-0.39, 0.29) is 38.1 Å². The zero-order valence-corrected chi connectivity index (χ0v) is 8.49. The Kier molecular flexibility index (Phi) is 6.96. The molecule has 0 saturated heterocycles. The van der Waals surface area contributed by atoms with Crippen LogP contribution >= 0.6 is 0 Å². The van der Waals surface area contributed by atoms with Gasteiger partial charge in [0, 0.05) is 5.92 Å². The highest BCUT2D eigenvalue weighted by atomic mass is 16.5. The summed E-state index contributed by atoms with van der Waals surface area (Å²) in [6.45, 7) is 3.76. The van der Waals surface area contributed by atoms with Crippen molar-refractivity contribution in [2.45, 2.75) is 13.8 Å². The molecular weight excluding hydrogens is 188 g/mol. The fourth-order valence-electron chi connectivity index (χ4n) is 0.617. The number of carboxylic acid groups (broad SMARTS) is 1. The van der Waals surface area contributed by atoms with Gasteiger partial charge in [0.1, 0.15) is 13.2 Å². The summed E-state index contributed by atoms with van der Waals surface area (Å²) in [7, 11) is 0. The molecule has 0 atom stereocenters. The van der Waals surface area contributed by atoms with E-state index in [0.717, 1.165) is 0 Å². The fourth-order valence-corrected chi connectivity index (χ4v) is 0.617. The number of hydrogen-bond acceptors (Lipinski definition) is 4. The molecule has 0 bridgehead atoms. The predicted molar refractivity (Wildman–Crippen MR) is 49.1 cm³/mol. The summed E-state index contributed by atoms with van der Waals surface area (Å²) in [6, 6.07) is 0. The highest BCUT2D eigenvalue weighted by Crippen LogP contribution is 1.94. The second kappa shape index (κ2) is 7.46. The van der Waals surface area contributed by atoms with Crippen LogP contribution in [0.3, 0.4) is 0 Å². The van der Waals surface area contributed by atoms with Crippen LogP contribution in [-0.2, 0) is 19.1 Å². The predicted octanol–water partition coefficient (Wildman–Crippen LogP) is 0.329. The van der Waals surface area contributed by atoms with Gasteiger partial charge < -0.3 is 14.6 Å². The van der Waals surface area contributed by atoms with Crippen molar-refractivity contribution < 1.29 is 24.2 Å². The number of Topliss-reactive ketones (excluding diaryl/α,β-unsaturated/α-hetero) is 1. The first-order valence-corrected chi connectivity index (χ1v) is 4.44. The lowest BCUT2D eigenvalue weighted by molar-refractivity contribution is -0.143. The monoisotopic (exact) mass is 204 g/mol. The molecule has 5 nitrogen and oxygen atoms in total. The zero-order valence-electron chi connectivity index (χ0n) is 8.49. The standard InChI is InChI=1S/C9H16O5/c1-7(2)8(10)5-13-3-4-14-6-9(11)12/h7H,3-6H2,1-2H3,(H,11,12). The highest BCUT2D eigenvalue weighted by molar-refractivity contribution is 5.81. The van der Waals surface area contributed by atoms with Crippen LogP contribution in [0.4, 0.5) is 0 Å². The molecule has 0 unspecified atom stereocenters. The summed E-state index contributed by atoms with van der Waals surface area (Å²) >= 11 is 0. The van der Waals surface area contributed by atoms with Crippen molar-refractivity contribution in [3.63, 3.8) is 0 Å². The Morgan fingerprint density at radius 2 is 1.64 bits per heavy atom.